The van der Waals surface area contributed by atoms with Crippen LogP contribution in [0.1, 0.15) is 45.6 Å². The van der Waals surface area contributed by atoms with Crippen LogP contribution in [0.25, 0.3) is 0 Å². The third-order valence-electron chi connectivity index (χ3n) is 3.45. The summed E-state index contributed by atoms with van der Waals surface area (Å²) in [7, 11) is 0. The van der Waals surface area contributed by atoms with Gasteiger partial charge in [-0.3, -0.25) is 4.79 Å². The van der Waals surface area contributed by atoms with Crippen LogP contribution in [-0.2, 0) is 4.79 Å². The van der Waals surface area contributed by atoms with Crippen molar-refractivity contribution in [3.8, 4) is 5.75 Å². The lowest BCUT2D eigenvalue weighted by atomic mass is 10.1. The van der Waals surface area contributed by atoms with Crippen molar-refractivity contribution in [1.29, 1.82) is 0 Å². The van der Waals surface area contributed by atoms with Gasteiger partial charge in [-0.25, -0.2) is 0 Å². The summed E-state index contributed by atoms with van der Waals surface area (Å²) in [6.07, 6.45) is 0.776. The molecule has 1 atom stereocenters. The Balaban J connectivity index is 2.01. The Bertz CT molecular complexity index is 524. The van der Waals surface area contributed by atoms with E-state index in [1.165, 1.54) is 0 Å². The fraction of sp³-hybridized carbons (Fsp3) is 0.562. The highest BCUT2D eigenvalue weighted by atomic mass is 35.5. The van der Waals surface area contributed by atoms with Gasteiger partial charge in [0.25, 0.3) is 5.91 Å². The van der Waals surface area contributed by atoms with E-state index in [4.69, 9.17) is 27.9 Å². The van der Waals surface area contributed by atoms with E-state index >= 15 is 0 Å². The number of carbonyl (C=O) groups is 1. The Labute approximate surface area is 136 Å². The Hall–Kier alpha value is -0.930. The normalized spacial score (nSPS) is 20.2. The monoisotopic (exact) mass is 329 g/mol. The van der Waals surface area contributed by atoms with Crippen molar-refractivity contribution in [2.75, 3.05) is 0 Å². The lowest BCUT2D eigenvalue weighted by Crippen LogP contribution is -2.48. The van der Waals surface area contributed by atoms with Crippen LogP contribution >= 0.6 is 23.2 Å². The maximum Gasteiger partial charge on any atom is 0.263 e. The largest absolute Gasteiger partial charge is 0.478 e. The molecule has 5 heteroatoms. The van der Waals surface area contributed by atoms with Crippen LogP contribution < -0.4 is 10.1 Å². The van der Waals surface area contributed by atoms with Gasteiger partial charge >= 0.3 is 0 Å². The molecule has 1 saturated carbocycles. The van der Waals surface area contributed by atoms with E-state index in [0.29, 0.717) is 5.75 Å². The van der Waals surface area contributed by atoms with Crippen molar-refractivity contribution >= 4 is 29.1 Å². The minimum absolute atomic E-state index is 0.0817. The van der Waals surface area contributed by atoms with Gasteiger partial charge in [0.1, 0.15) is 10.1 Å². The average Bonchev–Trinajstić information content (AvgIpc) is 2.98. The maximum atomic E-state index is 12.1. The van der Waals surface area contributed by atoms with E-state index < -0.39 is 9.93 Å². The number of halogens is 2. The van der Waals surface area contributed by atoms with Crippen LogP contribution in [0.4, 0.5) is 0 Å². The van der Waals surface area contributed by atoms with E-state index in [0.717, 1.165) is 12.0 Å². The number of alkyl halides is 2. The molecule has 0 spiro atoms. The molecule has 1 aromatic carbocycles. The second kappa shape index (κ2) is 5.69. The molecule has 1 aliphatic rings. The van der Waals surface area contributed by atoms with Gasteiger partial charge in [-0.05, 0) is 51.8 Å². The predicted molar refractivity (Wildman–Crippen MR) is 86.2 cm³/mol. The molecule has 21 heavy (non-hydrogen) atoms. The zero-order valence-electron chi connectivity index (χ0n) is 12.7. The summed E-state index contributed by atoms with van der Waals surface area (Å²) >= 11 is 12.1. The molecule has 2 rings (SSSR count). The van der Waals surface area contributed by atoms with Crippen LogP contribution in [0.15, 0.2) is 24.3 Å². The number of ether oxygens (including phenoxy) is 1. The van der Waals surface area contributed by atoms with Crippen LogP contribution in [0.2, 0.25) is 0 Å². The molecule has 0 aliphatic heterocycles. The number of rotatable bonds is 5. The second-order valence-corrected chi connectivity index (χ2v) is 7.87. The van der Waals surface area contributed by atoms with Gasteiger partial charge in [-0.15, -0.1) is 23.2 Å². The average molecular weight is 330 g/mol. The Morgan fingerprint density at radius 2 is 1.86 bits per heavy atom. The number of amides is 1. The summed E-state index contributed by atoms with van der Waals surface area (Å²) in [6, 6.07) is 7.67. The highest BCUT2D eigenvalue weighted by Gasteiger charge is 2.52. The van der Waals surface area contributed by atoms with Gasteiger partial charge in [0.05, 0.1) is 0 Å². The molecule has 1 aromatic rings. The molecular weight excluding hydrogens is 309 g/mol. The molecule has 0 saturated heterocycles. The molecule has 3 nitrogen and oxygen atoms in total. The first kappa shape index (κ1) is 16.4. The van der Waals surface area contributed by atoms with Crippen LogP contribution in [-0.4, -0.2) is 21.9 Å². The molecule has 116 valence electrons. The Morgan fingerprint density at radius 1 is 1.33 bits per heavy atom. The maximum absolute atomic E-state index is 12.1. The van der Waals surface area contributed by atoms with Crippen molar-refractivity contribution in [2.45, 2.75) is 56.0 Å². The molecular formula is C16H21Cl2NO2. The highest BCUT2D eigenvalue weighted by Crippen LogP contribution is 2.59. The van der Waals surface area contributed by atoms with Gasteiger partial charge in [-0.1, -0.05) is 12.1 Å². The molecule has 1 amide bonds. The van der Waals surface area contributed by atoms with Crippen molar-refractivity contribution in [3.05, 3.63) is 29.8 Å². The van der Waals surface area contributed by atoms with Crippen LogP contribution in [0.3, 0.4) is 0 Å². The fourth-order valence-electron chi connectivity index (χ4n) is 2.12. The molecule has 1 N–H and O–H groups in total. The van der Waals surface area contributed by atoms with Crippen molar-refractivity contribution < 1.29 is 9.53 Å². The van der Waals surface area contributed by atoms with E-state index in [1.54, 1.807) is 13.8 Å². The van der Waals surface area contributed by atoms with Gasteiger partial charge in [0.2, 0.25) is 0 Å². The first-order chi connectivity index (χ1) is 9.62. The van der Waals surface area contributed by atoms with Crippen molar-refractivity contribution in [1.82, 2.24) is 5.32 Å². The van der Waals surface area contributed by atoms with Gasteiger partial charge in [0.15, 0.2) is 5.60 Å². The summed E-state index contributed by atoms with van der Waals surface area (Å²) in [4.78, 5) is 12.1. The number of benzene rings is 1. The van der Waals surface area contributed by atoms with Gasteiger partial charge in [0, 0.05) is 12.0 Å². The summed E-state index contributed by atoms with van der Waals surface area (Å²) in [5.74, 6) is 0.703. The second-order valence-electron chi connectivity index (χ2n) is 6.33. The molecule has 1 fully saturated rings. The molecule has 1 unspecified atom stereocenters. The summed E-state index contributed by atoms with van der Waals surface area (Å²) in [5, 5.41) is 2.85. The SMILES string of the molecule is CC(C)NC(=O)C(C)(C)Oc1ccc(C2CC2(Cl)Cl)cc1. The zero-order chi connectivity index (χ0) is 15.8. The van der Waals surface area contributed by atoms with E-state index in [-0.39, 0.29) is 17.9 Å². The Kier molecular flexibility index (Phi) is 4.46. The van der Waals surface area contributed by atoms with E-state index in [9.17, 15) is 4.79 Å². The lowest BCUT2D eigenvalue weighted by Gasteiger charge is -2.26. The predicted octanol–water partition coefficient (Wildman–Crippen LogP) is 4.03. The molecule has 1 aliphatic carbocycles. The van der Waals surface area contributed by atoms with Crippen LogP contribution in [0, 0.1) is 0 Å². The molecule has 0 heterocycles. The first-order valence-corrected chi connectivity index (χ1v) is 7.85. The zero-order valence-corrected chi connectivity index (χ0v) is 14.3. The Morgan fingerprint density at radius 3 is 2.29 bits per heavy atom. The number of carbonyl (C=O) groups excluding carboxylic acids is 1. The third-order valence-corrected chi connectivity index (χ3v) is 4.28. The molecule has 0 radical (unpaired) electrons. The van der Waals surface area contributed by atoms with Gasteiger partial charge < -0.3 is 10.1 Å². The summed E-state index contributed by atoms with van der Waals surface area (Å²) in [6.45, 7) is 7.34. The topological polar surface area (TPSA) is 38.3 Å². The highest BCUT2D eigenvalue weighted by molar-refractivity contribution is 6.51. The quantitative estimate of drug-likeness (QED) is 0.828. The molecule has 0 bridgehead atoms. The van der Waals surface area contributed by atoms with E-state index in [1.807, 2.05) is 38.1 Å². The first-order valence-electron chi connectivity index (χ1n) is 7.09. The van der Waals surface area contributed by atoms with Crippen LogP contribution in [0.5, 0.6) is 5.75 Å². The lowest BCUT2D eigenvalue weighted by molar-refractivity contribution is -0.134. The number of hydrogen-bond acceptors (Lipinski definition) is 2. The minimum atomic E-state index is -0.923. The summed E-state index contributed by atoms with van der Waals surface area (Å²) < 4.78 is 5.17. The van der Waals surface area contributed by atoms with E-state index in [2.05, 4.69) is 5.32 Å². The van der Waals surface area contributed by atoms with Crippen molar-refractivity contribution in [3.63, 3.8) is 0 Å². The summed E-state index contributed by atoms with van der Waals surface area (Å²) in [5.41, 5.74) is 0.172. The number of nitrogens with one attached hydrogen (secondary N) is 1. The molecule has 0 aromatic heterocycles. The standard InChI is InChI=1S/C16H21Cl2NO2/c1-10(2)19-14(20)15(3,4)21-12-7-5-11(6-8-12)13-9-16(13,17)18/h5-8,10,13H,9H2,1-4H3,(H,19,20). The van der Waals surface area contributed by atoms with Crippen molar-refractivity contribution in [2.24, 2.45) is 0 Å². The smallest absolute Gasteiger partial charge is 0.263 e. The number of hydrogen-bond donors (Lipinski definition) is 1. The fourth-order valence-corrected chi connectivity index (χ4v) is 2.68. The minimum Gasteiger partial charge on any atom is -0.478 e. The van der Waals surface area contributed by atoms with Gasteiger partial charge in [-0.2, -0.15) is 0 Å². The third kappa shape index (κ3) is 4.04.